The smallest absolute Gasteiger partial charge is 0.243 e. The number of nitrogens with zero attached hydrogens (tertiary/aromatic N) is 1. The summed E-state index contributed by atoms with van der Waals surface area (Å²) in [6.45, 7) is 4.71. The van der Waals surface area contributed by atoms with Crippen molar-refractivity contribution in [2.24, 2.45) is 0 Å². The van der Waals surface area contributed by atoms with Crippen LogP contribution in [0, 0.1) is 5.82 Å². The molecule has 0 unspecified atom stereocenters. The molecule has 3 aromatic carbocycles. The largest absolute Gasteiger partial charge is 0.354 e. The van der Waals surface area contributed by atoms with E-state index in [4.69, 9.17) is 0 Å². The molecule has 0 fully saturated rings. The van der Waals surface area contributed by atoms with Gasteiger partial charge in [0.2, 0.25) is 21.8 Å². The van der Waals surface area contributed by atoms with Crippen LogP contribution in [0.1, 0.15) is 49.8 Å². The van der Waals surface area contributed by atoms with Crippen molar-refractivity contribution in [2.45, 2.75) is 63.4 Å². The molecule has 0 aliphatic carbocycles. The summed E-state index contributed by atoms with van der Waals surface area (Å²) in [7, 11) is -3.57. The molecular formula is C31H38FN3O4S. The third kappa shape index (κ3) is 9.27. The molecule has 1 atom stereocenters. The number of halogens is 1. The van der Waals surface area contributed by atoms with Crippen LogP contribution in [0.15, 0.2) is 83.8 Å². The molecule has 2 amide bonds. The Bertz CT molecular complexity index is 1330. The summed E-state index contributed by atoms with van der Waals surface area (Å²) in [6.07, 6.45) is 2.58. The number of carbonyl (C=O) groups is 2. The van der Waals surface area contributed by atoms with Crippen molar-refractivity contribution in [3.63, 3.8) is 0 Å². The molecule has 0 saturated heterocycles. The molecule has 0 saturated carbocycles. The number of benzene rings is 3. The Labute approximate surface area is 236 Å². The van der Waals surface area contributed by atoms with Crippen molar-refractivity contribution in [3.8, 4) is 0 Å². The fraction of sp³-hybridized carbons (Fsp3) is 0.355. The van der Waals surface area contributed by atoms with E-state index in [0.29, 0.717) is 31.5 Å². The summed E-state index contributed by atoms with van der Waals surface area (Å²) in [5.74, 6) is -0.828. The fourth-order valence-electron chi connectivity index (χ4n) is 4.35. The van der Waals surface area contributed by atoms with E-state index in [0.717, 1.165) is 24.0 Å². The Morgan fingerprint density at radius 1 is 0.875 bits per heavy atom. The van der Waals surface area contributed by atoms with Gasteiger partial charge < -0.3 is 10.2 Å². The monoisotopic (exact) mass is 567 g/mol. The van der Waals surface area contributed by atoms with Crippen LogP contribution in [0.5, 0.6) is 0 Å². The molecule has 9 heteroatoms. The summed E-state index contributed by atoms with van der Waals surface area (Å²) >= 11 is 0. The second-order valence-corrected chi connectivity index (χ2v) is 11.4. The number of nitrogens with one attached hydrogen (secondary N) is 2. The van der Waals surface area contributed by atoms with Gasteiger partial charge >= 0.3 is 0 Å². The van der Waals surface area contributed by atoms with E-state index in [1.54, 1.807) is 36.1 Å². The summed E-state index contributed by atoms with van der Waals surface area (Å²) in [6, 6.07) is 21.1. The van der Waals surface area contributed by atoms with Crippen molar-refractivity contribution in [3.05, 3.63) is 101 Å². The van der Waals surface area contributed by atoms with Crippen LogP contribution < -0.4 is 10.0 Å². The first-order valence-corrected chi connectivity index (χ1v) is 15.2. The molecule has 2 N–H and O–H groups in total. The average Bonchev–Trinajstić information content (AvgIpc) is 2.95. The molecule has 0 radical (unpaired) electrons. The zero-order chi connectivity index (χ0) is 29.0. The topological polar surface area (TPSA) is 95.6 Å². The minimum atomic E-state index is -3.57. The molecule has 7 nitrogen and oxygen atoms in total. The van der Waals surface area contributed by atoms with Gasteiger partial charge in [0.05, 0.1) is 4.90 Å². The Morgan fingerprint density at radius 3 is 2.15 bits per heavy atom. The van der Waals surface area contributed by atoms with Crippen molar-refractivity contribution in [2.75, 3.05) is 13.1 Å². The standard InChI is InChI=1S/C31H38FN3O4S/c1-3-5-21-33-31(37)29(22-25-9-7-6-8-10-25)35(23-26-11-16-27(32)17-12-26)30(36)20-15-24-13-18-28(19-14-24)40(38,39)34-4-2/h6-14,16-19,29,34H,3-5,15,20-23H2,1-2H3,(H,33,37)/t29-/m1/s1. The maximum atomic E-state index is 13.7. The maximum absolute atomic E-state index is 13.7. The Hall–Kier alpha value is -3.56. The zero-order valence-electron chi connectivity index (χ0n) is 23.1. The minimum absolute atomic E-state index is 0.119. The van der Waals surface area contributed by atoms with Gasteiger partial charge in [0.25, 0.3) is 0 Å². The van der Waals surface area contributed by atoms with Crippen LogP contribution in [0.3, 0.4) is 0 Å². The van der Waals surface area contributed by atoms with Crippen molar-refractivity contribution < 1.29 is 22.4 Å². The van der Waals surface area contributed by atoms with Gasteiger partial charge in [-0.3, -0.25) is 9.59 Å². The summed E-state index contributed by atoms with van der Waals surface area (Å²) in [5, 5.41) is 2.98. The van der Waals surface area contributed by atoms with Crippen LogP contribution in [-0.4, -0.2) is 44.3 Å². The first kappa shape index (κ1) is 31.0. The lowest BCUT2D eigenvalue weighted by molar-refractivity contribution is -0.141. The minimum Gasteiger partial charge on any atom is -0.354 e. The average molecular weight is 568 g/mol. The van der Waals surface area contributed by atoms with Gasteiger partial charge in [0, 0.05) is 32.5 Å². The summed E-state index contributed by atoms with van der Waals surface area (Å²) < 4.78 is 40.5. The number of carbonyl (C=O) groups excluding carboxylic acids is 2. The van der Waals surface area contributed by atoms with Gasteiger partial charge in [-0.15, -0.1) is 0 Å². The normalized spacial score (nSPS) is 12.1. The first-order chi connectivity index (χ1) is 19.2. The van der Waals surface area contributed by atoms with Crippen LogP contribution in [0.4, 0.5) is 4.39 Å². The van der Waals surface area contributed by atoms with Gasteiger partial charge in [0.15, 0.2) is 0 Å². The van der Waals surface area contributed by atoms with E-state index >= 15 is 0 Å². The van der Waals surface area contributed by atoms with Crippen molar-refractivity contribution in [1.82, 2.24) is 14.9 Å². The predicted molar refractivity (Wildman–Crippen MR) is 154 cm³/mol. The molecular weight excluding hydrogens is 529 g/mol. The zero-order valence-corrected chi connectivity index (χ0v) is 23.9. The quantitative estimate of drug-likeness (QED) is 0.262. The number of aryl methyl sites for hydroxylation is 1. The number of rotatable bonds is 15. The molecule has 0 aliphatic rings. The number of hydrogen-bond donors (Lipinski definition) is 2. The van der Waals surface area contributed by atoms with E-state index in [-0.39, 0.29) is 35.5 Å². The lowest BCUT2D eigenvalue weighted by Crippen LogP contribution is -2.50. The van der Waals surface area contributed by atoms with E-state index in [2.05, 4.69) is 10.0 Å². The SMILES string of the molecule is CCCCNC(=O)[C@@H](Cc1ccccc1)N(Cc1ccc(F)cc1)C(=O)CCc1ccc(S(=O)(=O)NCC)cc1. The van der Waals surface area contributed by atoms with E-state index in [1.165, 1.54) is 24.3 Å². The second-order valence-electron chi connectivity index (χ2n) is 9.64. The van der Waals surface area contributed by atoms with Gasteiger partial charge in [-0.1, -0.05) is 74.9 Å². The molecule has 214 valence electrons. The molecule has 40 heavy (non-hydrogen) atoms. The first-order valence-electron chi connectivity index (χ1n) is 13.7. The Morgan fingerprint density at radius 2 is 1.52 bits per heavy atom. The molecule has 0 bridgehead atoms. The summed E-state index contributed by atoms with van der Waals surface area (Å²) in [4.78, 5) is 28.9. The highest BCUT2D eigenvalue weighted by Gasteiger charge is 2.30. The lowest BCUT2D eigenvalue weighted by atomic mass is 10.0. The Balaban J connectivity index is 1.85. The molecule has 3 aromatic rings. The highest BCUT2D eigenvalue weighted by molar-refractivity contribution is 7.89. The molecule has 0 heterocycles. The van der Waals surface area contributed by atoms with Gasteiger partial charge in [-0.05, 0) is 53.8 Å². The van der Waals surface area contributed by atoms with Gasteiger partial charge in [-0.2, -0.15) is 0 Å². The summed E-state index contributed by atoms with van der Waals surface area (Å²) in [5.41, 5.74) is 2.44. The third-order valence-corrected chi connectivity index (χ3v) is 8.12. The fourth-order valence-corrected chi connectivity index (χ4v) is 5.39. The van der Waals surface area contributed by atoms with Crippen LogP contribution in [-0.2, 0) is 39.0 Å². The van der Waals surface area contributed by atoms with Gasteiger partial charge in [0.1, 0.15) is 11.9 Å². The lowest BCUT2D eigenvalue weighted by Gasteiger charge is -2.31. The number of unbranched alkanes of at least 4 members (excludes halogenated alkanes) is 1. The molecule has 3 rings (SSSR count). The van der Waals surface area contributed by atoms with Crippen molar-refractivity contribution >= 4 is 21.8 Å². The van der Waals surface area contributed by atoms with Crippen LogP contribution in [0.25, 0.3) is 0 Å². The molecule has 0 aliphatic heterocycles. The number of sulfonamides is 1. The number of hydrogen-bond acceptors (Lipinski definition) is 4. The Kier molecular flexibility index (Phi) is 11.8. The highest BCUT2D eigenvalue weighted by atomic mass is 32.2. The molecule has 0 aromatic heterocycles. The van der Waals surface area contributed by atoms with Crippen LogP contribution >= 0.6 is 0 Å². The second kappa shape index (κ2) is 15.3. The van der Waals surface area contributed by atoms with E-state index in [1.807, 2.05) is 37.3 Å². The maximum Gasteiger partial charge on any atom is 0.243 e. The van der Waals surface area contributed by atoms with Crippen LogP contribution in [0.2, 0.25) is 0 Å². The predicted octanol–water partition coefficient (Wildman–Crippen LogP) is 4.61. The highest BCUT2D eigenvalue weighted by Crippen LogP contribution is 2.18. The molecule has 0 spiro atoms. The van der Waals surface area contributed by atoms with E-state index in [9.17, 15) is 22.4 Å². The van der Waals surface area contributed by atoms with Crippen molar-refractivity contribution in [1.29, 1.82) is 0 Å². The number of amides is 2. The van der Waals surface area contributed by atoms with Gasteiger partial charge in [-0.25, -0.2) is 17.5 Å². The third-order valence-electron chi connectivity index (χ3n) is 6.56. The van der Waals surface area contributed by atoms with E-state index < -0.39 is 16.1 Å².